The van der Waals surface area contributed by atoms with Gasteiger partial charge in [-0.3, -0.25) is 4.79 Å². The van der Waals surface area contributed by atoms with Crippen LogP contribution in [0.5, 0.6) is 0 Å². The summed E-state index contributed by atoms with van der Waals surface area (Å²) < 4.78 is 0. The van der Waals surface area contributed by atoms with Crippen molar-refractivity contribution in [2.24, 2.45) is 0 Å². The van der Waals surface area contributed by atoms with Crippen molar-refractivity contribution in [1.82, 2.24) is 15.1 Å². The average molecular weight is 303 g/mol. The zero-order valence-corrected chi connectivity index (χ0v) is 12.2. The highest BCUT2D eigenvalue weighted by Crippen LogP contribution is 2.23. The van der Waals surface area contributed by atoms with E-state index < -0.39 is 0 Å². The van der Waals surface area contributed by atoms with Crippen molar-refractivity contribution in [3.05, 3.63) is 47.1 Å². The van der Waals surface area contributed by atoms with Crippen molar-refractivity contribution in [2.45, 2.75) is 12.8 Å². The smallest absolute Gasteiger partial charge is 0.274 e. The molecule has 0 bridgehead atoms. The molecular formula is C15H15ClN4O. The lowest BCUT2D eigenvalue weighted by Crippen LogP contribution is -2.28. The van der Waals surface area contributed by atoms with Crippen LogP contribution in [0.25, 0.3) is 0 Å². The Balaban J connectivity index is 1.72. The number of carbonyl (C=O) groups is 1. The summed E-state index contributed by atoms with van der Waals surface area (Å²) in [6, 6.07) is 10.8. The number of rotatable bonds is 3. The topological polar surface area (TPSA) is 58.1 Å². The standard InChI is InChI=1S/C15H15ClN4O/c16-11-5-1-2-6-12(11)17-14-8-7-13(18-19-14)15(21)20-9-3-4-10-20/h1-2,5-8H,3-4,9-10H2,(H,17,19). The van der Waals surface area contributed by atoms with Crippen LogP contribution in [0.4, 0.5) is 11.5 Å². The van der Waals surface area contributed by atoms with Gasteiger partial charge in [-0.25, -0.2) is 0 Å². The third-order valence-corrected chi connectivity index (χ3v) is 3.74. The average Bonchev–Trinajstić information content (AvgIpc) is 3.04. The number of anilines is 2. The highest BCUT2D eigenvalue weighted by atomic mass is 35.5. The SMILES string of the molecule is O=C(c1ccc(Nc2ccccc2Cl)nn1)N1CCCC1. The van der Waals surface area contributed by atoms with Gasteiger partial charge in [0.15, 0.2) is 11.5 Å². The number of aromatic nitrogens is 2. The number of para-hydroxylation sites is 1. The first kappa shape index (κ1) is 13.8. The fourth-order valence-electron chi connectivity index (χ4n) is 2.30. The number of amides is 1. The van der Waals surface area contributed by atoms with Gasteiger partial charge < -0.3 is 10.2 Å². The Kier molecular flexibility index (Phi) is 4.01. The van der Waals surface area contributed by atoms with Crippen LogP contribution in [0.3, 0.4) is 0 Å². The highest BCUT2D eigenvalue weighted by molar-refractivity contribution is 6.33. The van der Waals surface area contributed by atoms with Crippen molar-refractivity contribution in [2.75, 3.05) is 18.4 Å². The number of carbonyl (C=O) groups excluding carboxylic acids is 1. The maximum absolute atomic E-state index is 12.2. The third-order valence-electron chi connectivity index (χ3n) is 3.41. The molecule has 1 aromatic carbocycles. The Labute approximate surface area is 127 Å². The summed E-state index contributed by atoms with van der Waals surface area (Å²) in [6.45, 7) is 1.61. The van der Waals surface area contributed by atoms with Crippen molar-refractivity contribution in [3.8, 4) is 0 Å². The minimum absolute atomic E-state index is 0.0516. The van der Waals surface area contributed by atoms with Crippen LogP contribution in [0.2, 0.25) is 5.02 Å². The lowest BCUT2D eigenvalue weighted by Gasteiger charge is -2.14. The van der Waals surface area contributed by atoms with E-state index in [0.717, 1.165) is 31.6 Å². The molecule has 21 heavy (non-hydrogen) atoms. The summed E-state index contributed by atoms with van der Waals surface area (Å²) in [5.74, 6) is 0.505. The number of benzene rings is 1. The lowest BCUT2D eigenvalue weighted by molar-refractivity contribution is 0.0786. The van der Waals surface area contributed by atoms with Crippen LogP contribution in [0, 0.1) is 0 Å². The van der Waals surface area contributed by atoms with E-state index in [9.17, 15) is 4.79 Å². The first-order chi connectivity index (χ1) is 10.2. The first-order valence-electron chi connectivity index (χ1n) is 6.88. The minimum atomic E-state index is -0.0516. The molecular weight excluding hydrogens is 288 g/mol. The number of nitrogens with zero attached hydrogens (tertiary/aromatic N) is 3. The maximum atomic E-state index is 12.2. The molecule has 1 amide bonds. The van der Waals surface area contributed by atoms with Gasteiger partial charge in [0.05, 0.1) is 10.7 Å². The number of hydrogen-bond donors (Lipinski definition) is 1. The zero-order valence-electron chi connectivity index (χ0n) is 11.4. The molecule has 1 fully saturated rings. The Morgan fingerprint density at radius 2 is 1.86 bits per heavy atom. The number of nitrogens with one attached hydrogen (secondary N) is 1. The fraction of sp³-hybridized carbons (Fsp3) is 0.267. The van der Waals surface area contributed by atoms with Crippen molar-refractivity contribution < 1.29 is 4.79 Å². The van der Waals surface area contributed by atoms with Gasteiger partial charge >= 0.3 is 0 Å². The molecule has 2 heterocycles. The molecule has 1 saturated heterocycles. The fourth-order valence-corrected chi connectivity index (χ4v) is 2.48. The van der Waals surface area contributed by atoms with Crippen LogP contribution in [-0.2, 0) is 0 Å². The Hall–Kier alpha value is -2.14. The van der Waals surface area contributed by atoms with E-state index in [-0.39, 0.29) is 5.91 Å². The second-order valence-electron chi connectivity index (χ2n) is 4.91. The normalized spacial score (nSPS) is 14.2. The number of halogens is 1. The van der Waals surface area contributed by atoms with Crippen LogP contribution in [0.15, 0.2) is 36.4 Å². The van der Waals surface area contributed by atoms with Gasteiger partial charge in [-0.2, -0.15) is 0 Å². The van der Waals surface area contributed by atoms with Gasteiger partial charge in [-0.15, -0.1) is 10.2 Å². The molecule has 0 atom stereocenters. The zero-order chi connectivity index (χ0) is 14.7. The Bertz CT molecular complexity index is 638. The van der Waals surface area contributed by atoms with Crippen molar-refractivity contribution in [1.29, 1.82) is 0 Å². The molecule has 1 N–H and O–H groups in total. The van der Waals surface area contributed by atoms with E-state index in [0.29, 0.717) is 16.5 Å². The van der Waals surface area contributed by atoms with Crippen molar-refractivity contribution in [3.63, 3.8) is 0 Å². The van der Waals surface area contributed by atoms with E-state index in [4.69, 9.17) is 11.6 Å². The molecule has 0 spiro atoms. The molecule has 0 unspecified atom stereocenters. The highest BCUT2D eigenvalue weighted by Gasteiger charge is 2.20. The Morgan fingerprint density at radius 1 is 1.10 bits per heavy atom. The van der Waals surface area contributed by atoms with Crippen LogP contribution >= 0.6 is 11.6 Å². The largest absolute Gasteiger partial charge is 0.338 e. The second-order valence-corrected chi connectivity index (χ2v) is 5.32. The molecule has 108 valence electrons. The summed E-state index contributed by atoms with van der Waals surface area (Å²) in [5, 5.41) is 11.7. The monoisotopic (exact) mass is 302 g/mol. The summed E-state index contributed by atoms with van der Waals surface area (Å²) in [5.41, 5.74) is 1.13. The van der Waals surface area contributed by atoms with E-state index >= 15 is 0 Å². The summed E-state index contributed by atoms with van der Waals surface area (Å²) in [7, 11) is 0. The summed E-state index contributed by atoms with van der Waals surface area (Å²) in [6.07, 6.45) is 2.12. The molecule has 5 nitrogen and oxygen atoms in total. The van der Waals surface area contributed by atoms with Crippen LogP contribution in [-0.4, -0.2) is 34.1 Å². The predicted octanol–water partition coefficient (Wildman–Crippen LogP) is 3.11. The van der Waals surface area contributed by atoms with E-state index in [1.165, 1.54) is 0 Å². The van der Waals surface area contributed by atoms with E-state index in [1.54, 1.807) is 18.2 Å². The van der Waals surface area contributed by atoms with Crippen molar-refractivity contribution >= 4 is 29.0 Å². The lowest BCUT2D eigenvalue weighted by atomic mass is 10.3. The second kappa shape index (κ2) is 6.10. The van der Waals surface area contributed by atoms with Gasteiger partial charge in [0.1, 0.15) is 0 Å². The number of hydrogen-bond acceptors (Lipinski definition) is 4. The number of likely N-dealkylation sites (tertiary alicyclic amines) is 1. The predicted molar refractivity (Wildman–Crippen MR) is 81.9 cm³/mol. The van der Waals surface area contributed by atoms with Gasteiger partial charge in [0.2, 0.25) is 0 Å². The molecule has 2 aromatic rings. The molecule has 6 heteroatoms. The molecule has 1 aliphatic rings. The van der Waals surface area contributed by atoms with Crippen LogP contribution < -0.4 is 5.32 Å². The first-order valence-corrected chi connectivity index (χ1v) is 7.26. The summed E-state index contributed by atoms with van der Waals surface area (Å²) in [4.78, 5) is 14.0. The van der Waals surface area contributed by atoms with Gasteiger partial charge in [0.25, 0.3) is 5.91 Å². The molecule has 0 aliphatic carbocycles. The molecule has 0 radical (unpaired) electrons. The van der Waals surface area contributed by atoms with Crippen LogP contribution in [0.1, 0.15) is 23.3 Å². The van der Waals surface area contributed by atoms with Gasteiger partial charge in [-0.1, -0.05) is 23.7 Å². The van der Waals surface area contributed by atoms with Gasteiger partial charge in [-0.05, 0) is 37.1 Å². The van der Waals surface area contributed by atoms with E-state index in [1.807, 2.05) is 23.1 Å². The van der Waals surface area contributed by atoms with Gasteiger partial charge in [0, 0.05) is 13.1 Å². The maximum Gasteiger partial charge on any atom is 0.274 e. The quantitative estimate of drug-likeness (QED) is 0.946. The molecule has 1 aromatic heterocycles. The molecule has 3 rings (SSSR count). The molecule has 0 saturated carbocycles. The third kappa shape index (κ3) is 3.13. The Morgan fingerprint density at radius 3 is 2.52 bits per heavy atom. The minimum Gasteiger partial charge on any atom is -0.338 e. The molecule has 1 aliphatic heterocycles. The van der Waals surface area contributed by atoms with E-state index in [2.05, 4.69) is 15.5 Å². The summed E-state index contributed by atoms with van der Waals surface area (Å²) >= 11 is 6.07.